The highest BCUT2D eigenvalue weighted by molar-refractivity contribution is 6.07. The van der Waals surface area contributed by atoms with Gasteiger partial charge in [0.15, 0.2) is 0 Å². The second-order valence-corrected chi connectivity index (χ2v) is 10.5. The SMILES string of the molecule is O=C(N[C@@H](CCN1CCC2(CC1)NC(=O)N(Cc1ccc(C(F)(F)F)cc1)C2=O)c1ccccc1)C1CC1. The molecule has 2 aromatic rings. The number of piperidine rings is 1. The summed E-state index contributed by atoms with van der Waals surface area (Å²) in [7, 11) is 0. The van der Waals surface area contributed by atoms with Gasteiger partial charge in [-0.2, -0.15) is 13.2 Å². The van der Waals surface area contributed by atoms with Gasteiger partial charge in [0.25, 0.3) is 5.91 Å². The number of hydrogen-bond acceptors (Lipinski definition) is 4. The van der Waals surface area contributed by atoms with Crippen molar-refractivity contribution < 1.29 is 27.6 Å². The molecule has 5 rings (SSSR count). The Hall–Kier alpha value is -3.40. The van der Waals surface area contributed by atoms with Gasteiger partial charge < -0.3 is 15.5 Å². The van der Waals surface area contributed by atoms with E-state index < -0.39 is 23.3 Å². The number of nitrogens with one attached hydrogen (secondary N) is 2. The molecule has 4 amide bonds. The van der Waals surface area contributed by atoms with Crippen LogP contribution < -0.4 is 10.6 Å². The van der Waals surface area contributed by atoms with Gasteiger partial charge in [-0.3, -0.25) is 14.5 Å². The number of urea groups is 1. The summed E-state index contributed by atoms with van der Waals surface area (Å²) in [6.07, 6.45) is -0.928. The fourth-order valence-corrected chi connectivity index (χ4v) is 5.25. The van der Waals surface area contributed by atoms with Crippen LogP contribution in [0, 0.1) is 5.92 Å². The summed E-state index contributed by atoms with van der Waals surface area (Å²) in [5.41, 5.74) is -0.245. The highest BCUT2D eigenvalue weighted by atomic mass is 19.4. The summed E-state index contributed by atoms with van der Waals surface area (Å²) in [6, 6.07) is 13.8. The standard InChI is InChI=1S/C28H31F3N4O3/c29-28(30,31)22-10-6-19(7-11-22)18-35-25(37)27(33-26(35)38)13-16-34(17-14-27)15-12-23(20-4-2-1-3-5-20)32-24(36)21-8-9-21/h1-7,10-11,21,23H,8-9,12-18H2,(H,32,36)(H,33,38)/t23-/m0/s1. The predicted octanol–water partition coefficient (Wildman–Crippen LogP) is 4.25. The van der Waals surface area contributed by atoms with Crippen molar-refractivity contribution >= 4 is 17.8 Å². The number of likely N-dealkylation sites (tertiary alicyclic amines) is 1. The fourth-order valence-electron chi connectivity index (χ4n) is 5.25. The minimum absolute atomic E-state index is 0.0757. The molecule has 2 aliphatic heterocycles. The molecule has 0 unspecified atom stereocenters. The highest BCUT2D eigenvalue weighted by Crippen LogP contribution is 2.33. The van der Waals surface area contributed by atoms with E-state index in [9.17, 15) is 27.6 Å². The van der Waals surface area contributed by atoms with Gasteiger partial charge in [-0.05, 0) is 55.4 Å². The van der Waals surface area contributed by atoms with Crippen LogP contribution in [0.3, 0.4) is 0 Å². The van der Waals surface area contributed by atoms with Crippen molar-refractivity contribution in [1.82, 2.24) is 20.4 Å². The van der Waals surface area contributed by atoms with Gasteiger partial charge >= 0.3 is 12.2 Å². The van der Waals surface area contributed by atoms with Crippen LogP contribution in [0.5, 0.6) is 0 Å². The number of imide groups is 1. The molecule has 0 radical (unpaired) electrons. The first-order chi connectivity index (χ1) is 18.1. The van der Waals surface area contributed by atoms with E-state index in [0.717, 1.165) is 48.4 Å². The zero-order chi connectivity index (χ0) is 26.9. The number of benzene rings is 2. The van der Waals surface area contributed by atoms with Crippen LogP contribution in [-0.2, 0) is 22.3 Å². The quantitative estimate of drug-likeness (QED) is 0.502. The molecule has 38 heavy (non-hydrogen) atoms. The van der Waals surface area contributed by atoms with E-state index in [4.69, 9.17) is 0 Å². The molecule has 7 nitrogen and oxygen atoms in total. The number of carbonyl (C=O) groups excluding carboxylic acids is 3. The molecule has 0 aromatic heterocycles. The van der Waals surface area contributed by atoms with Gasteiger partial charge in [-0.1, -0.05) is 42.5 Å². The van der Waals surface area contributed by atoms with Crippen LogP contribution in [-0.4, -0.2) is 52.8 Å². The third-order valence-corrected chi connectivity index (χ3v) is 7.78. The van der Waals surface area contributed by atoms with Gasteiger partial charge in [0, 0.05) is 25.6 Å². The van der Waals surface area contributed by atoms with Crippen molar-refractivity contribution in [3.8, 4) is 0 Å². The van der Waals surface area contributed by atoms with E-state index >= 15 is 0 Å². The molecule has 2 N–H and O–H groups in total. The second-order valence-electron chi connectivity index (χ2n) is 10.5. The van der Waals surface area contributed by atoms with Gasteiger partial charge in [-0.15, -0.1) is 0 Å². The Bertz CT molecular complexity index is 1170. The Morgan fingerprint density at radius 1 is 1.03 bits per heavy atom. The molecule has 202 valence electrons. The topological polar surface area (TPSA) is 81.8 Å². The van der Waals surface area contributed by atoms with Gasteiger partial charge in [-0.25, -0.2) is 4.79 Å². The monoisotopic (exact) mass is 528 g/mol. The number of nitrogens with zero attached hydrogens (tertiary/aromatic N) is 2. The minimum atomic E-state index is -4.44. The van der Waals surface area contributed by atoms with Crippen LogP contribution in [0.25, 0.3) is 0 Å². The smallest absolute Gasteiger partial charge is 0.349 e. The maximum Gasteiger partial charge on any atom is 0.416 e. The van der Waals surface area contributed by atoms with Crippen LogP contribution >= 0.6 is 0 Å². The first-order valence-corrected chi connectivity index (χ1v) is 13.0. The predicted molar refractivity (Wildman–Crippen MR) is 134 cm³/mol. The molecular weight excluding hydrogens is 497 g/mol. The molecule has 3 aliphatic rings. The number of rotatable bonds is 8. The summed E-state index contributed by atoms with van der Waals surface area (Å²) in [5.74, 6) is -0.108. The van der Waals surface area contributed by atoms with Gasteiger partial charge in [0.05, 0.1) is 18.2 Å². The maximum atomic E-state index is 13.3. The lowest BCUT2D eigenvalue weighted by Gasteiger charge is -2.37. The lowest BCUT2D eigenvalue weighted by Crippen LogP contribution is -2.55. The third kappa shape index (κ3) is 5.70. The maximum absolute atomic E-state index is 13.3. The molecule has 0 bridgehead atoms. The van der Waals surface area contributed by atoms with E-state index in [1.807, 2.05) is 30.3 Å². The number of halogens is 3. The second kappa shape index (κ2) is 10.4. The first-order valence-electron chi connectivity index (χ1n) is 13.0. The van der Waals surface area contributed by atoms with Crippen molar-refractivity contribution in [2.24, 2.45) is 5.92 Å². The van der Waals surface area contributed by atoms with Gasteiger partial charge in [0.1, 0.15) is 5.54 Å². The first kappa shape index (κ1) is 26.2. The van der Waals surface area contributed by atoms with E-state index in [1.54, 1.807) is 0 Å². The van der Waals surface area contributed by atoms with Crippen LogP contribution in [0.4, 0.5) is 18.0 Å². The Balaban J connectivity index is 1.16. The van der Waals surface area contributed by atoms with E-state index in [0.29, 0.717) is 31.5 Å². The summed E-state index contributed by atoms with van der Waals surface area (Å²) in [5, 5.41) is 6.05. The lowest BCUT2D eigenvalue weighted by atomic mass is 9.87. The third-order valence-electron chi connectivity index (χ3n) is 7.78. The average Bonchev–Trinajstić information content (AvgIpc) is 3.73. The summed E-state index contributed by atoms with van der Waals surface area (Å²) in [6.45, 7) is 1.88. The number of carbonyl (C=O) groups is 3. The molecular formula is C28H31F3N4O3. The van der Waals surface area contributed by atoms with Crippen molar-refractivity contribution in [1.29, 1.82) is 0 Å². The molecule has 3 fully saturated rings. The van der Waals surface area contributed by atoms with Crippen LogP contribution in [0.15, 0.2) is 54.6 Å². The van der Waals surface area contributed by atoms with Crippen molar-refractivity contribution in [2.75, 3.05) is 19.6 Å². The summed E-state index contributed by atoms with van der Waals surface area (Å²) in [4.78, 5) is 41.7. The van der Waals surface area contributed by atoms with Crippen LogP contribution in [0.1, 0.15) is 54.8 Å². The molecule has 2 saturated heterocycles. The fraction of sp³-hybridized carbons (Fsp3) is 0.464. The lowest BCUT2D eigenvalue weighted by molar-refractivity contribution is -0.137. The molecule has 2 heterocycles. The normalized spacial score (nSPS) is 20.4. The van der Waals surface area contributed by atoms with Crippen molar-refractivity contribution in [3.05, 3.63) is 71.3 Å². The molecule has 1 aliphatic carbocycles. The Kier molecular flexibility index (Phi) is 7.17. The van der Waals surface area contributed by atoms with E-state index in [1.165, 1.54) is 12.1 Å². The summed E-state index contributed by atoms with van der Waals surface area (Å²) >= 11 is 0. The molecule has 2 aromatic carbocycles. The largest absolute Gasteiger partial charge is 0.416 e. The number of hydrogen-bond donors (Lipinski definition) is 2. The van der Waals surface area contributed by atoms with Crippen molar-refractivity contribution in [2.45, 2.75) is 56.4 Å². The molecule has 1 spiro atoms. The zero-order valence-corrected chi connectivity index (χ0v) is 21.0. The Morgan fingerprint density at radius 3 is 2.29 bits per heavy atom. The number of amides is 4. The van der Waals surface area contributed by atoms with E-state index in [2.05, 4.69) is 15.5 Å². The average molecular weight is 529 g/mol. The van der Waals surface area contributed by atoms with E-state index in [-0.39, 0.29) is 30.3 Å². The molecule has 10 heteroatoms. The zero-order valence-electron chi connectivity index (χ0n) is 21.0. The Labute approximate surface area is 219 Å². The summed E-state index contributed by atoms with van der Waals surface area (Å²) < 4.78 is 38.5. The van der Waals surface area contributed by atoms with Crippen LogP contribution in [0.2, 0.25) is 0 Å². The highest BCUT2D eigenvalue weighted by Gasteiger charge is 2.52. The Morgan fingerprint density at radius 2 is 1.68 bits per heavy atom. The minimum Gasteiger partial charge on any atom is -0.349 e. The van der Waals surface area contributed by atoms with Crippen molar-refractivity contribution in [3.63, 3.8) is 0 Å². The molecule has 1 atom stereocenters. The molecule has 1 saturated carbocycles. The number of alkyl halides is 3. The van der Waals surface area contributed by atoms with Gasteiger partial charge in [0.2, 0.25) is 5.91 Å².